The first kappa shape index (κ1) is 13.9. The van der Waals surface area contributed by atoms with Gasteiger partial charge in [-0.1, -0.05) is 0 Å². The number of aromatic nitrogens is 4. The standard InChI is InChI=1S/C14H11FN4O3/c15-9-1-3-10(4-2-9)19-13-11(7-17-19)14(22)18(8-16-13)6-5-12(20)21/h1-4,7-8H,5-6H2,(H,20,21). The summed E-state index contributed by atoms with van der Waals surface area (Å²) in [6.45, 7) is 0.0405. The third-order valence-corrected chi connectivity index (χ3v) is 3.19. The van der Waals surface area contributed by atoms with Crippen molar-refractivity contribution in [2.24, 2.45) is 0 Å². The Morgan fingerprint density at radius 1 is 1.27 bits per heavy atom. The quantitative estimate of drug-likeness (QED) is 0.782. The molecule has 0 aliphatic carbocycles. The molecule has 0 fully saturated rings. The van der Waals surface area contributed by atoms with Crippen LogP contribution in [-0.4, -0.2) is 30.4 Å². The van der Waals surface area contributed by atoms with Crippen LogP contribution in [0.2, 0.25) is 0 Å². The summed E-state index contributed by atoms with van der Waals surface area (Å²) in [7, 11) is 0. The van der Waals surface area contributed by atoms with Crippen LogP contribution in [-0.2, 0) is 11.3 Å². The van der Waals surface area contributed by atoms with Gasteiger partial charge in [0.25, 0.3) is 5.56 Å². The second kappa shape index (κ2) is 5.40. The van der Waals surface area contributed by atoms with Crippen molar-refractivity contribution >= 4 is 17.0 Å². The smallest absolute Gasteiger partial charge is 0.305 e. The van der Waals surface area contributed by atoms with E-state index < -0.39 is 5.97 Å². The average Bonchev–Trinajstić information content (AvgIpc) is 2.92. The first-order valence-electron chi connectivity index (χ1n) is 6.47. The van der Waals surface area contributed by atoms with E-state index in [0.29, 0.717) is 11.3 Å². The molecule has 0 radical (unpaired) electrons. The molecule has 7 nitrogen and oxygen atoms in total. The molecular weight excluding hydrogens is 291 g/mol. The molecule has 2 aromatic heterocycles. The fraction of sp³-hybridized carbons (Fsp3) is 0.143. The number of halogens is 1. The Balaban J connectivity index is 2.05. The third kappa shape index (κ3) is 2.46. The van der Waals surface area contributed by atoms with Gasteiger partial charge in [-0.15, -0.1) is 0 Å². The number of benzene rings is 1. The summed E-state index contributed by atoms with van der Waals surface area (Å²) < 4.78 is 15.6. The van der Waals surface area contributed by atoms with E-state index in [9.17, 15) is 14.0 Å². The van der Waals surface area contributed by atoms with Crippen LogP contribution in [0.1, 0.15) is 6.42 Å². The van der Waals surface area contributed by atoms with Crippen molar-refractivity contribution in [3.8, 4) is 5.69 Å². The summed E-state index contributed by atoms with van der Waals surface area (Å²) in [4.78, 5) is 27.0. The highest BCUT2D eigenvalue weighted by atomic mass is 19.1. The zero-order valence-corrected chi connectivity index (χ0v) is 11.3. The minimum Gasteiger partial charge on any atom is -0.481 e. The summed E-state index contributed by atoms with van der Waals surface area (Å²) in [6, 6.07) is 5.63. The van der Waals surface area contributed by atoms with Gasteiger partial charge in [0.2, 0.25) is 0 Å². The van der Waals surface area contributed by atoms with Gasteiger partial charge in [-0.25, -0.2) is 14.1 Å². The van der Waals surface area contributed by atoms with Crippen LogP contribution in [0.25, 0.3) is 16.7 Å². The Kier molecular flexibility index (Phi) is 3.42. The summed E-state index contributed by atoms with van der Waals surface area (Å²) in [6.07, 6.45) is 2.49. The zero-order chi connectivity index (χ0) is 15.7. The average molecular weight is 302 g/mol. The molecule has 0 saturated carbocycles. The lowest BCUT2D eigenvalue weighted by Gasteiger charge is -2.05. The van der Waals surface area contributed by atoms with E-state index in [0.717, 1.165) is 0 Å². The Hall–Kier alpha value is -3.03. The fourth-order valence-electron chi connectivity index (χ4n) is 2.10. The number of aryl methyl sites for hydroxylation is 1. The van der Waals surface area contributed by atoms with Crippen molar-refractivity contribution < 1.29 is 14.3 Å². The van der Waals surface area contributed by atoms with Crippen LogP contribution in [0.15, 0.2) is 41.6 Å². The summed E-state index contributed by atoms with van der Waals surface area (Å²) in [5.41, 5.74) is 0.550. The zero-order valence-electron chi connectivity index (χ0n) is 11.3. The highest BCUT2D eigenvalue weighted by molar-refractivity contribution is 5.75. The van der Waals surface area contributed by atoms with Crippen LogP contribution in [0.5, 0.6) is 0 Å². The molecule has 112 valence electrons. The second-order valence-corrected chi connectivity index (χ2v) is 4.66. The molecule has 0 unspecified atom stereocenters. The highest BCUT2D eigenvalue weighted by Gasteiger charge is 2.12. The predicted octanol–water partition coefficient (Wildman–Crippen LogP) is 1.20. The van der Waals surface area contributed by atoms with Gasteiger partial charge in [-0.05, 0) is 24.3 Å². The largest absolute Gasteiger partial charge is 0.481 e. The van der Waals surface area contributed by atoms with Gasteiger partial charge in [-0.3, -0.25) is 14.2 Å². The van der Waals surface area contributed by atoms with Crippen LogP contribution < -0.4 is 5.56 Å². The van der Waals surface area contributed by atoms with Crippen molar-refractivity contribution in [2.75, 3.05) is 0 Å². The summed E-state index contributed by atoms with van der Waals surface area (Å²) in [5.74, 6) is -1.36. The second-order valence-electron chi connectivity index (χ2n) is 4.66. The predicted molar refractivity (Wildman–Crippen MR) is 75.3 cm³/mol. The number of carboxylic acid groups (broad SMARTS) is 1. The minimum absolute atomic E-state index is 0.0405. The number of nitrogens with zero attached hydrogens (tertiary/aromatic N) is 4. The van der Waals surface area contributed by atoms with Gasteiger partial charge >= 0.3 is 5.97 Å². The topological polar surface area (TPSA) is 90.0 Å². The normalized spacial score (nSPS) is 11.0. The number of hydrogen-bond acceptors (Lipinski definition) is 4. The number of fused-ring (bicyclic) bond motifs is 1. The van der Waals surface area contributed by atoms with E-state index in [1.165, 1.54) is 46.0 Å². The van der Waals surface area contributed by atoms with Gasteiger partial charge in [0.1, 0.15) is 11.2 Å². The van der Waals surface area contributed by atoms with Crippen molar-refractivity contribution in [1.29, 1.82) is 0 Å². The van der Waals surface area contributed by atoms with E-state index in [1.54, 1.807) is 0 Å². The van der Waals surface area contributed by atoms with Crippen LogP contribution in [0.4, 0.5) is 4.39 Å². The molecule has 1 N–H and O–H groups in total. The molecule has 3 aromatic rings. The maximum atomic E-state index is 13.0. The lowest BCUT2D eigenvalue weighted by atomic mass is 10.3. The molecular formula is C14H11FN4O3. The molecule has 0 amide bonds. The van der Waals surface area contributed by atoms with Gasteiger partial charge in [-0.2, -0.15) is 5.10 Å². The first-order valence-corrected chi connectivity index (χ1v) is 6.47. The van der Waals surface area contributed by atoms with Crippen LogP contribution >= 0.6 is 0 Å². The number of carboxylic acids is 1. The minimum atomic E-state index is -0.992. The van der Waals surface area contributed by atoms with Crippen molar-refractivity contribution in [2.45, 2.75) is 13.0 Å². The Bertz CT molecular complexity index is 899. The molecule has 1 aromatic carbocycles. The van der Waals surface area contributed by atoms with Crippen LogP contribution in [0.3, 0.4) is 0 Å². The van der Waals surface area contributed by atoms with E-state index in [1.807, 2.05) is 0 Å². The molecule has 0 bridgehead atoms. The van der Waals surface area contributed by atoms with E-state index in [2.05, 4.69) is 10.1 Å². The lowest BCUT2D eigenvalue weighted by molar-refractivity contribution is -0.137. The molecule has 3 rings (SSSR count). The van der Waals surface area contributed by atoms with Gasteiger partial charge in [0.05, 0.1) is 24.6 Å². The van der Waals surface area contributed by atoms with Crippen molar-refractivity contribution in [1.82, 2.24) is 19.3 Å². The first-order chi connectivity index (χ1) is 10.6. The van der Waals surface area contributed by atoms with Crippen molar-refractivity contribution in [3.05, 3.63) is 53.0 Å². The van der Waals surface area contributed by atoms with Crippen LogP contribution in [0, 0.1) is 5.82 Å². The van der Waals surface area contributed by atoms with Gasteiger partial charge < -0.3 is 5.11 Å². The SMILES string of the molecule is O=C(O)CCn1cnc2c(cnn2-c2ccc(F)cc2)c1=O. The number of hydrogen-bond donors (Lipinski definition) is 1. The number of carbonyl (C=O) groups is 1. The van der Waals surface area contributed by atoms with Gasteiger partial charge in [0.15, 0.2) is 5.65 Å². The lowest BCUT2D eigenvalue weighted by Crippen LogP contribution is -2.21. The number of rotatable bonds is 4. The Labute approximate surface area is 123 Å². The summed E-state index contributed by atoms with van der Waals surface area (Å²) in [5, 5.41) is 13.0. The molecule has 0 aliphatic heterocycles. The van der Waals surface area contributed by atoms with Gasteiger partial charge in [0, 0.05) is 6.54 Å². The maximum Gasteiger partial charge on any atom is 0.305 e. The fourth-order valence-corrected chi connectivity index (χ4v) is 2.10. The number of aliphatic carboxylic acids is 1. The van der Waals surface area contributed by atoms with Crippen molar-refractivity contribution in [3.63, 3.8) is 0 Å². The molecule has 0 aliphatic rings. The maximum absolute atomic E-state index is 13.0. The monoisotopic (exact) mass is 302 g/mol. The molecule has 2 heterocycles. The van der Waals surface area contributed by atoms with E-state index >= 15 is 0 Å². The summed E-state index contributed by atoms with van der Waals surface area (Å²) >= 11 is 0. The van der Waals surface area contributed by atoms with E-state index in [4.69, 9.17) is 5.11 Å². The third-order valence-electron chi connectivity index (χ3n) is 3.19. The van der Waals surface area contributed by atoms with E-state index in [-0.39, 0.29) is 29.7 Å². The molecule has 0 saturated heterocycles. The Morgan fingerprint density at radius 3 is 2.68 bits per heavy atom. The molecule has 8 heteroatoms. The highest BCUT2D eigenvalue weighted by Crippen LogP contribution is 2.14. The Morgan fingerprint density at radius 2 is 2.00 bits per heavy atom. The molecule has 0 atom stereocenters. The molecule has 22 heavy (non-hydrogen) atoms. The molecule has 0 spiro atoms.